The minimum Gasteiger partial charge on any atom is -0.422 e. The normalized spacial score (nSPS) is 11.3. The number of benzene rings is 3. The summed E-state index contributed by atoms with van der Waals surface area (Å²) in [7, 11) is 0. The fraction of sp³-hybridized carbons (Fsp3) is 0.0455. The molecule has 1 amide bonds. The molecule has 5 rings (SSSR count). The van der Waals surface area contributed by atoms with Gasteiger partial charge in [-0.3, -0.25) is 10.1 Å². The first kappa shape index (κ1) is 17.9. The van der Waals surface area contributed by atoms with Gasteiger partial charge in [-0.2, -0.15) is 0 Å². The zero-order valence-electron chi connectivity index (χ0n) is 15.3. The first-order valence-corrected chi connectivity index (χ1v) is 10.9. The van der Waals surface area contributed by atoms with Crippen molar-refractivity contribution in [2.75, 3.05) is 11.6 Å². The van der Waals surface area contributed by atoms with E-state index in [9.17, 15) is 9.59 Å². The molecule has 0 atom stereocenters. The molecule has 3 aromatic carbocycles. The molecule has 0 fully saturated rings. The van der Waals surface area contributed by atoms with Crippen LogP contribution in [0.15, 0.2) is 74.8 Å². The van der Waals surface area contributed by atoms with Crippen molar-refractivity contribution in [3.63, 3.8) is 0 Å². The van der Waals surface area contributed by atoms with E-state index in [1.165, 1.54) is 11.3 Å². The molecule has 2 aromatic heterocycles. The Morgan fingerprint density at radius 1 is 1.07 bits per heavy atom. The number of thioether (sulfide) groups is 1. The molecule has 29 heavy (non-hydrogen) atoms. The molecule has 7 heteroatoms. The van der Waals surface area contributed by atoms with Gasteiger partial charge in [-0.25, -0.2) is 9.78 Å². The van der Waals surface area contributed by atoms with Gasteiger partial charge in [0.1, 0.15) is 11.1 Å². The standard InChI is InChI=1S/C22H14N2O3S2/c1-28-13-7-8-17-19(10-13)29-22(23-17)24-20(25)16-11-15-14-5-3-2-4-12(14)6-9-18(15)27-21(16)26/h2-11H,1H3,(H,23,24,25). The Kier molecular flexibility index (Phi) is 4.34. The first-order chi connectivity index (χ1) is 14.1. The first-order valence-electron chi connectivity index (χ1n) is 8.84. The lowest BCUT2D eigenvalue weighted by Crippen LogP contribution is -2.20. The Labute approximate surface area is 173 Å². The number of anilines is 1. The number of nitrogens with zero attached hydrogens (tertiary/aromatic N) is 1. The predicted molar refractivity (Wildman–Crippen MR) is 119 cm³/mol. The second-order valence-corrected chi connectivity index (χ2v) is 8.36. The molecule has 1 N–H and O–H groups in total. The number of amides is 1. The average Bonchev–Trinajstić information content (AvgIpc) is 3.14. The van der Waals surface area contributed by atoms with Crippen molar-refractivity contribution in [3.05, 3.63) is 76.6 Å². The SMILES string of the molecule is CSc1ccc2nc(NC(=O)c3cc4c(ccc5ccccc54)oc3=O)sc2c1. The maximum Gasteiger partial charge on any atom is 0.349 e. The fourth-order valence-corrected chi connectivity index (χ4v) is 4.69. The topological polar surface area (TPSA) is 72.2 Å². The van der Waals surface area contributed by atoms with Gasteiger partial charge < -0.3 is 4.42 Å². The smallest absolute Gasteiger partial charge is 0.349 e. The van der Waals surface area contributed by atoms with E-state index in [2.05, 4.69) is 10.3 Å². The number of carbonyl (C=O) groups excluding carboxylic acids is 1. The lowest BCUT2D eigenvalue weighted by molar-refractivity contribution is 0.102. The highest BCUT2D eigenvalue weighted by Gasteiger charge is 2.17. The summed E-state index contributed by atoms with van der Waals surface area (Å²) in [4.78, 5) is 30.8. The summed E-state index contributed by atoms with van der Waals surface area (Å²) in [5.74, 6) is -0.530. The lowest BCUT2D eigenvalue weighted by Gasteiger charge is -2.05. The van der Waals surface area contributed by atoms with E-state index in [0.717, 1.165) is 31.3 Å². The molecule has 0 spiro atoms. The summed E-state index contributed by atoms with van der Waals surface area (Å²) in [6, 6.07) is 18.9. The van der Waals surface area contributed by atoms with Crippen LogP contribution in [0.2, 0.25) is 0 Å². The van der Waals surface area contributed by atoms with Crippen LogP contribution < -0.4 is 10.9 Å². The summed E-state index contributed by atoms with van der Waals surface area (Å²) >= 11 is 3.02. The predicted octanol–water partition coefficient (Wildman–Crippen LogP) is 5.53. The molecule has 0 saturated carbocycles. The number of thiazole rings is 1. The van der Waals surface area contributed by atoms with Gasteiger partial charge in [0.05, 0.1) is 10.2 Å². The molecule has 0 aliphatic carbocycles. The number of carbonyl (C=O) groups is 1. The Hall–Kier alpha value is -3.16. The zero-order chi connectivity index (χ0) is 20.0. The van der Waals surface area contributed by atoms with Crippen LogP contribution in [0, 0.1) is 0 Å². The average molecular weight is 418 g/mol. The van der Waals surface area contributed by atoms with Gasteiger partial charge in [-0.05, 0) is 47.4 Å². The number of hydrogen-bond acceptors (Lipinski definition) is 6. The number of rotatable bonds is 3. The maximum absolute atomic E-state index is 12.8. The van der Waals surface area contributed by atoms with Crippen LogP contribution in [-0.2, 0) is 0 Å². The Bertz CT molecular complexity index is 1470. The largest absolute Gasteiger partial charge is 0.422 e. The van der Waals surface area contributed by atoms with Gasteiger partial charge in [-0.1, -0.05) is 41.7 Å². The Balaban J connectivity index is 1.56. The van der Waals surface area contributed by atoms with Crippen molar-refractivity contribution in [3.8, 4) is 0 Å². The highest BCUT2D eigenvalue weighted by atomic mass is 32.2. The summed E-state index contributed by atoms with van der Waals surface area (Å²) in [5, 5.41) is 5.84. The van der Waals surface area contributed by atoms with Crippen molar-refractivity contribution in [1.29, 1.82) is 0 Å². The van der Waals surface area contributed by atoms with E-state index < -0.39 is 11.5 Å². The second-order valence-electron chi connectivity index (χ2n) is 6.45. The number of hydrogen-bond donors (Lipinski definition) is 1. The highest BCUT2D eigenvalue weighted by Crippen LogP contribution is 2.30. The number of fused-ring (bicyclic) bond motifs is 4. The van der Waals surface area contributed by atoms with Crippen LogP contribution in [0.5, 0.6) is 0 Å². The maximum atomic E-state index is 12.8. The van der Waals surface area contributed by atoms with E-state index in [1.54, 1.807) is 23.9 Å². The second kappa shape index (κ2) is 7.02. The van der Waals surface area contributed by atoms with Crippen LogP contribution in [0.1, 0.15) is 10.4 Å². The Morgan fingerprint density at radius 3 is 2.79 bits per heavy atom. The van der Waals surface area contributed by atoms with Gasteiger partial charge in [0.2, 0.25) is 0 Å². The number of aromatic nitrogens is 1. The van der Waals surface area contributed by atoms with Crippen LogP contribution in [-0.4, -0.2) is 17.1 Å². The molecule has 0 saturated heterocycles. The van der Waals surface area contributed by atoms with E-state index >= 15 is 0 Å². The van der Waals surface area contributed by atoms with Gasteiger partial charge >= 0.3 is 5.63 Å². The third-order valence-electron chi connectivity index (χ3n) is 4.70. The quantitative estimate of drug-likeness (QED) is 0.237. The molecular formula is C22H14N2O3S2. The van der Waals surface area contributed by atoms with E-state index in [0.29, 0.717) is 10.7 Å². The molecular weight excluding hydrogens is 404 g/mol. The van der Waals surface area contributed by atoms with Crippen molar-refractivity contribution in [1.82, 2.24) is 4.98 Å². The van der Waals surface area contributed by atoms with Crippen molar-refractivity contribution in [2.24, 2.45) is 0 Å². The van der Waals surface area contributed by atoms with Crippen molar-refractivity contribution in [2.45, 2.75) is 4.90 Å². The lowest BCUT2D eigenvalue weighted by atomic mass is 10.0. The molecule has 0 aliphatic rings. The minimum atomic E-state index is -0.670. The molecule has 142 valence electrons. The van der Waals surface area contributed by atoms with Crippen LogP contribution in [0.4, 0.5) is 5.13 Å². The molecule has 0 radical (unpaired) electrons. The molecule has 0 unspecified atom stereocenters. The monoisotopic (exact) mass is 418 g/mol. The molecule has 0 aliphatic heterocycles. The summed E-state index contributed by atoms with van der Waals surface area (Å²) in [6.45, 7) is 0. The third kappa shape index (κ3) is 3.18. The van der Waals surface area contributed by atoms with Gasteiger partial charge in [0.25, 0.3) is 5.91 Å². The van der Waals surface area contributed by atoms with Gasteiger partial charge in [0.15, 0.2) is 5.13 Å². The summed E-state index contributed by atoms with van der Waals surface area (Å²) in [6.07, 6.45) is 2.01. The molecule has 5 nitrogen and oxygen atoms in total. The molecule has 5 aromatic rings. The van der Waals surface area contributed by atoms with Gasteiger partial charge in [-0.15, -0.1) is 11.8 Å². The highest BCUT2D eigenvalue weighted by molar-refractivity contribution is 7.98. The van der Waals surface area contributed by atoms with E-state index in [4.69, 9.17) is 4.42 Å². The molecule has 2 heterocycles. The van der Waals surface area contributed by atoms with Crippen LogP contribution >= 0.6 is 23.1 Å². The van der Waals surface area contributed by atoms with Crippen LogP contribution in [0.3, 0.4) is 0 Å². The van der Waals surface area contributed by atoms with E-state index in [-0.39, 0.29) is 5.56 Å². The fourth-order valence-electron chi connectivity index (χ4n) is 3.28. The molecule has 0 bridgehead atoms. The van der Waals surface area contributed by atoms with Crippen molar-refractivity contribution >= 4 is 66.1 Å². The third-order valence-corrected chi connectivity index (χ3v) is 6.36. The van der Waals surface area contributed by atoms with Crippen LogP contribution in [0.25, 0.3) is 32.0 Å². The van der Waals surface area contributed by atoms with Gasteiger partial charge in [0, 0.05) is 10.3 Å². The number of nitrogens with one attached hydrogen (secondary N) is 1. The Morgan fingerprint density at radius 2 is 1.93 bits per heavy atom. The van der Waals surface area contributed by atoms with Crippen molar-refractivity contribution < 1.29 is 9.21 Å². The summed E-state index contributed by atoms with van der Waals surface area (Å²) < 4.78 is 6.39. The zero-order valence-corrected chi connectivity index (χ0v) is 16.9. The minimum absolute atomic E-state index is 0.0436. The summed E-state index contributed by atoms with van der Waals surface area (Å²) in [5.41, 5.74) is 0.545. The van der Waals surface area contributed by atoms with E-state index in [1.807, 2.05) is 54.8 Å².